The molecule has 0 spiro atoms. The molecule has 3 N–H and O–H groups in total. The van der Waals surface area contributed by atoms with E-state index in [1.54, 1.807) is 22.9 Å². The van der Waals surface area contributed by atoms with Crippen molar-refractivity contribution in [1.82, 2.24) is 15.1 Å². The van der Waals surface area contributed by atoms with Crippen molar-refractivity contribution in [1.29, 1.82) is 0 Å². The number of halogens is 2. The quantitative estimate of drug-likeness (QED) is 0.471. The lowest BCUT2D eigenvalue weighted by molar-refractivity contribution is -0.0167. The highest BCUT2D eigenvalue weighted by Crippen LogP contribution is 2.55. The average molecular weight is 481 g/mol. The maximum absolute atomic E-state index is 13.1. The predicted octanol–water partition coefficient (Wildman–Crippen LogP) is 6.13. The van der Waals surface area contributed by atoms with Gasteiger partial charge in [0.05, 0.1) is 21.4 Å². The van der Waals surface area contributed by atoms with Gasteiger partial charge in [0.2, 0.25) is 0 Å². The molecule has 4 aliphatic rings. The molecule has 0 atom stereocenters. The monoisotopic (exact) mass is 480 g/mol. The van der Waals surface area contributed by atoms with Crippen molar-refractivity contribution in [2.75, 3.05) is 5.73 Å². The first-order chi connectivity index (χ1) is 15.9. The van der Waals surface area contributed by atoms with Crippen LogP contribution < -0.4 is 11.1 Å². The highest BCUT2D eigenvalue weighted by molar-refractivity contribution is 6.42. The van der Waals surface area contributed by atoms with Crippen LogP contribution in [-0.4, -0.2) is 21.2 Å². The standard InChI is InChI=1S/C26H26Cl2N4O/c27-21-6-3-19(10-22(21)28)23-11-24(29)32(31-23)20-4-1-18(2-5-20)25(33)30-26-12-15-7-16(13-26)9-17(8-15)14-26/h1-6,10-11,15-17H,7-9,12-14,29H2,(H,30,33). The summed E-state index contributed by atoms with van der Waals surface area (Å²) in [5, 5.41) is 9.03. The van der Waals surface area contributed by atoms with Crippen LogP contribution in [0, 0.1) is 17.8 Å². The van der Waals surface area contributed by atoms with Gasteiger partial charge < -0.3 is 11.1 Å². The number of aromatic nitrogens is 2. The molecule has 3 aromatic rings. The van der Waals surface area contributed by atoms with E-state index >= 15 is 0 Å². The molecule has 0 unspecified atom stereocenters. The van der Waals surface area contributed by atoms with Crippen LogP contribution in [0.3, 0.4) is 0 Å². The van der Waals surface area contributed by atoms with Crippen LogP contribution in [0.1, 0.15) is 48.9 Å². The third-order valence-corrected chi connectivity index (χ3v) is 8.48. The fraction of sp³-hybridized carbons (Fsp3) is 0.385. The van der Waals surface area contributed by atoms with E-state index < -0.39 is 0 Å². The maximum Gasteiger partial charge on any atom is 0.251 e. The Kier molecular flexibility index (Phi) is 4.96. The number of rotatable bonds is 4. The smallest absolute Gasteiger partial charge is 0.251 e. The molecule has 4 aliphatic carbocycles. The summed E-state index contributed by atoms with van der Waals surface area (Å²) in [5.74, 6) is 2.92. The third kappa shape index (κ3) is 3.81. The fourth-order valence-corrected chi connectivity index (χ4v) is 7.03. The van der Waals surface area contributed by atoms with E-state index in [4.69, 9.17) is 28.9 Å². The van der Waals surface area contributed by atoms with E-state index in [-0.39, 0.29) is 11.4 Å². The summed E-state index contributed by atoms with van der Waals surface area (Å²) in [6.45, 7) is 0. The zero-order valence-corrected chi connectivity index (χ0v) is 19.7. The van der Waals surface area contributed by atoms with Gasteiger partial charge in [-0.1, -0.05) is 29.3 Å². The topological polar surface area (TPSA) is 72.9 Å². The fourth-order valence-electron chi connectivity index (χ4n) is 6.73. The molecule has 7 heteroatoms. The summed E-state index contributed by atoms with van der Waals surface area (Å²) < 4.78 is 1.67. The van der Waals surface area contributed by atoms with Gasteiger partial charge in [-0.05, 0) is 92.7 Å². The molecule has 33 heavy (non-hydrogen) atoms. The Balaban J connectivity index is 1.20. The van der Waals surface area contributed by atoms with Crippen molar-refractivity contribution in [3.63, 3.8) is 0 Å². The number of nitrogen functional groups attached to an aromatic ring is 1. The number of amides is 1. The first kappa shape index (κ1) is 21.1. The van der Waals surface area contributed by atoms with Gasteiger partial charge in [0.15, 0.2) is 0 Å². The van der Waals surface area contributed by atoms with Gasteiger partial charge in [-0.3, -0.25) is 4.79 Å². The molecular formula is C26H26Cl2N4O. The zero-order valence-electron chi connectivity index (χ0n) is 18.2. The Hall–Kier alpha value is -2.50. The van der Waals surface area contributed by atoms with Crippen LogP contribution in [0.2, 0.25) is 10.0 Å². The molecule has 4 bridgehead atoms. The number of nitrogens with two attached hydrogens (primary N) is 1. The van der Waals surface area contributed by atoms with Crippen LogP contribution in [0.25, 0.3) is 16.9 Å². The van der Waals surface area contributed by atoms with Gasteiger partial charge >= 0.3 is 0 Å². The Morgan fingerprint density at radius 1 is 0.939 bits per heavy atom. The third-order valence-electron chi connectivity index (χ3n) is 7.74. The van der Waals surface area contributed by atoms with Crippen LogP contribution in [0.15, 0.2) is 48.5 Å². The van der Waals surface area contributed by atoms with Gasteiger partial charge in [-0.25, -0.2) is 4.68 Å². The number of carbonyl (C=O) groups is 1. The van der Waals surface area contributed by atoms with Crippen molar-refractivity contribution in [3.8, 4) is 16.9 Å². The van der Waals surface area contributed by atoms with Crippen LogP contribution >= 0.6 is 23.2 Å². The van der Waals surface area contributed by atoms with E-state index in [1.807, 2.05) is 30.3 Å². The molecule has 0 saturated heterocycles. The zero-order chi connectivity index (χ0) is 22.7. The number of carbonyl (C=O) groups excluding carboxylic acids is 1. The van der Waals surface area contributed by atoms with Crippen molar-refractivity contribution < 1.29 is 4.79 Å². The van der Waals surface area contributed by atoms with Gasteiger partial charge in [0, 0.05) is 22.7 Å². The predicted molar refractivity (Wildman–Crippen MR) is 132 cm³/mol. The van der Waals surface area contributed by atoms with Crippen LogP contribution in [-0.2, 0) is 0 Å². The lowest BCUT2D eigenvalue weighted by Gasteiger charge is -2.56. The normalized spacial score (nSPS) is 27.6. The van der Waals surface area contributed by atoms with E-state index in [9.17, 15) is 4.79 Å². The van der Waals surface area contributed by atoms with Gasteiger partial charge in [-0.2, -0.15) is 5.10 Å². The minimum absolute atomic E-state index is 0.00563. The van der Waals surface area contributed by atoms with Gasteiger partial charge in [-0.15, -0.1) is 0 Å². The Labute approximate surface area is 203 Å². The summed E-state index contributed by atoms with van der Waals surface area (Å²) in [6.07, 6.45) is 7.51. The molecule has 170 valence electrons. The first-order valence-corrected chi connectivity index (χ1v) is 12.4. The molecule has 1 aromatic heterocycles. The minimum Gasteiger partial charge on any atom is -0.384 e. The minimum atomic E-state index is 0.00563. The SMILES string of the molecule is Nc1cc(-c2ccc(Cl)c(Cl)c2)nn1-c1ccc(C(=O)NC23CC4CC(CC(C4)C2)C3)cc1. The van der Waals surface area contributed by atoms with E-state index in [2.05, 4.69) is 10.4 Å². The molecule has 1 heterocycles. The molecule has 5 nitrogen and oxygen atoms in total. The Morgan fingerprint density at radius 3 is 2.18 bits per heavy atom. The molecule has 1 amide bonds. The molecule has 2 aromatic carbocycles. The summed E-state index contributed by atoms with van der Waals surface area (Å²) in [5.41, 5.74) is 9.25. The second kappa shape index (κ2) is 7.78. The molecule has 4 saturated carbocycles. The molecule has 0 radical (unpaired) electrons. The van der Waals surface area contributed by atoms with Crippen LogP contribution in [0.4, 0.5) is 5.82 Å². The maximum atomic E-state index is 13.1. The Morgan fingerprint density at radius 2 is 1.58 bits per heavy atom. The van der Waals surface area contributed by atoms with Crippen molar-refractivity contribution >= 4 is 34.9 Å². The number of nitrogens with zero attached hydrogens (tertiary/aromatic N) is 2. The van der Waals surface area contributed by atoms with Crippen LogP contribution in [0.5, 0.6) is 0 Å². The van der Waals surface area contributed by atoms with E-state index in [0.29, 0.717) is 27.1 Å². The first-order valence-electron chi connectivity index (χ1n) is 11.6. The summed E-state index contributed by atoms with van der Waals surface area (Å²) in [7, 11) is 0. The van der Waals surface area contributed by atoms with Gasteiger partial charge in [0.25, 0.3) is 5.91 Å². The molecule has 7 rings (SSSR count). The lowest BCUT2D eigenvalue weighted by Crippen LogP contribution is -2.59. The van der Waals surface area contributed by atoms with E-state index in [1.165, 1.54) is 19.3 Å². The number of anilines is 1. The van der Waals surface area contributed by atoms with Crippen molar-refractivity contribution in [3.05, 3.63) is 64.1 Å². The number of hydrogen-bond acceptors (Lipinski definition) is 3. The molecular weight excluding hydrogens is 455 g/mol. The summed E-state index contributed by atoms with van der Waals surface area (Å²) in [6, 6.07) is 14.6. The van der Waals surface area contributed by atoms with Crippen molar-refractivity contribution in [2.45, 2.75) is 44.1 Å². The lowest BCUT2D eigenvalue weighted by atomic mass is 9.53. The second-order valence-electron chi connectivity index (χ2n) is 10.2. The summed E-state index contributed by atoms with van der Waals surface area (Å²) in [4.78, 5) is 13.1. The largest absolute Gasteiger partial charge is 0.384 e. The average Bonchev–Trinajstić information content (AvgIpc) is 3.16. The highest BCUT2D eigenvalue weighted by Gasteiger charge is 2.51. The van der Waals surface area contributed by atoms with E-state index in [0.717, 1.165) is 48.3 Å². The highest BCUT2D eigenvalue weighted by atomic mass is 35.5. The van der Waals surface area contributed by atoms with Crippen molar-refractivity contribution in [2.24, 2.45) is 17.8 Å². The van der Waals surface area contributed by atoms with Gasteiger partial charge in [0.1, 0.15) is 5.82 Å². The number of benzene rings is 2. The Bertz CT molecular complexity index is 1200. The number of hydrogen-bond donors (Lipinski definition) is 2. The number of nitrogens with one attached hydrogen (secondary N) is 1. The summed E-state index contributed by atoms with van der Waals surface area (Å²) >= 11 is 12.2. The second-order valence-corrected chi connectivity index (χ2v) is 11.0. The molecule has 4 fully saturated rings. The molecule has 0 aliphatic heterocycles.